The van der Waals surface area contributed by atoms with E-state index >= 15 is 0 Å². The summed E-state index contributed by atoms with van der Waals surface area (Å²) in [6, 6.07) is 9.61. The molecule has 22 heavy (non-hydrogen) atoms. The Balaban J connectivity index is 1.89. The first kappa shape index (κ1) is 15.8. The summed E-state index contributed by atoms with van der Waals surface area (Å²) < 4.78 is 23.7. The van der Waals surface area contributed by atoms with Crippen molar-refractivity contribution in [1.29, 1.82) is 0 Å². The summed E-state index contributed by atoms with van der Waals surface area (Å²) in [4.78, 5) is 17.5. The smallest absolute Gasteiger partial charge is 0.262 e. The van der Waals surface area contributed by atoms with Crippen LogP contribution in [0, 0.1) is 0 Å². The minimum atomic E-state index is -3.02. The van der Waals surface area contributed by atoms with E-state index in [0.29, 0.717) is 11.7 Å². The Morgan fingerprint density at radius 2 is 2.05 bits per heavy atom. The van der Waals surface area contributed by atoms with Gasteiger partial charge < -0.3 is 4.90 Å². The molecule has 8 heteroatoms. The maximum absolute atomic E-state index is 11.9. The van der Waals surface area contributed by atoms with Gasteiger partial charge in [0.15, 0.2) is 15.0 Å². The second kappa shape index (κ2) is 6.22. The minimum absolute atomic E-state index is 0.0596. The number of thioether (sulfide) groups is 1. The van der Waals surface area contributed by atoms with Crippen LogP contribution < -0.4 is 0 Å². The van der Waals surface area contributed by atoms with Crippen molar-refractivity contribution in [2.75, 3.05) is 17.4 Å². The Labute approximate surface area is 138 Å². The molecule has 0 radical (unpaired) electrons. The van der Waals surface area contributed by atoms with Crippen LogP contribution in [0.5, 0.6) is 0 Å². The number of hydrogen-bond acceptors (Lipinski definition) is 4. The molecule has 2 aliphatic rings. The number of fused-ring (bicyclic) bond motifs is 1. The summed E-state index contributed by atoms with van der Waals surface area (Å²) in [5.41, 5.74) is 1.05. The number of alkyl halides is 1. The highest BCUT2D eigenvalue weighted by Crippen LogP contribution is 2.38. The number of carbonyl (C=O) groups is 1. The topological polar surface area (TPSA) is 66.8 Å². The van der Waals surface area contributed by atoms with Crippen molar-refractivity contribution in [3.8, 4) is 0 Å². The van der Waals surface area contributed by atoms with Crippen LogP contribution in [0.3, 0.4) is 0 Å². The van der Waals surface area contributed by atoms with Crippen molar-refractivity contribution in [1.82, 2.24) is 4.90 Å². The molecule has 0 aliphatic carbocycles. The van der Waals surface area contributed by atoms with Crippen LogP contribution in [-0.2, 0) is 21.2 Å². The number of amides is 1. The molecule has 0 unspecified atom stereocenters. The number of benzene rings is 1. The number of amidine groups is 1. The van der Waals surface area contributed by atoms with Crippen LogP contribution in [0.2, 0.25) is 0 Å². The summed E-state index contributed by atoms with van der Waals surface area (Å²) in [6.07, 6.45) is 0. The lowest BCUT2D eigenvalue weighted by molar-refractivity contribution is -0.115. The Morgan fingerprint density at radius 3 is 2.73 bits per heavy atom. The maximum Gasteiger partial charge on any atom is 0.262 e. The van der Waals surface area contributed by atoms with Crippen molar-refractivity contribution >= 4 is 44.3 Å². The number of sulfone groups is 1. The summed E-state index contributed by atoms with van der Waals surface area (Å²) in [5, 5.41) is 0.523. The molecule has 2 saturated heterocycles. The summed E-state index contributed by atoms with van der Waals surface area (Å²) in [6.45, 7) is 0.541. The molecule has 2 fully saturated rings. The average Bonchev–Trinajstić information content (AvgIpc) is 2.93. The number of halogens is 1. The van der Waals surface area contributed by atoms with Crippen molar-refractivity contribution in [2.24, 2.45) is 4.99 Å². The van der Waals surface area contributed by atoms with Gasteiger partial charge in [-0.15, -0.1) is 11.6 Å². The Kier molecular flexibility index (Phi) is 4.47. The van der Waals surface area contributed by atoms with E-state index < -0.39 is 15.7 Å². The van der Waals surface area contributed by atoms with Crippen molar-refractivity contribution in [3.63, 3.8) is 0 Å². The lowest BCUT2D eigenvalue weighted by Gasteiger charge is -2.24. The lowest BCUT2D eigenvalue weighted by atomic mass is 10.1. The van der Waals surface area contributed by atoms with Crippen molar-refractivity contribution < 1.29 is 13.2 Å². The third-order valence-corrected chi connectivity index (χ3v) is 7.18. The highest BCUT2D eigenvalue weighted by Gasteiger charge is 2.48. The lowest BCUT2D eigenvalue weighted by Crippen LogP contribution is -2.37. The molecule has 0 N–H and O–H groups in total. The molecule has 0 bridgehead atoms. The van der Waals surface area contributed by atoms with Crippen LogP contribution in [0.1, 0.15) is 5.56 Å². The zero-order valence-electron chi connectivity index (χ0n) is 11.7. The van der Waals surface area contributed by atoms with E-state index in [1.54, 1.807) is 0 Å². The van der Waals surface area contributed by atoms with Crippen LogP contribution in [0.25, 0.3) is 0 Å². The second-order valence-electron chi connectivity index (χ2n) is 5.34. The van der Waals surface area contributed by atoms with Gasteiger partial charge in [0.05, 0.1) is 17.5 Å². The van der Waals surface area contributed by atoms with Gasteiger partial charge in [0.2, 0.25) is 0 Å². The second-order valence-corrected chi connectivity index (χ2v) is 8.96. The first-order valence-corrected chi connectivity index (χ1v) is 10.1. The summed E-state index contributed by atoms with van der Waals surface area (Å²) in [7, 11) is -3.02. The van der Waals surface area contributed by atoms with Gasteiger partial charge >= 0.3 is 0 Å². The van der Waals surface area contributed by atoms with E-state index in [1.165, 1.54) is 11.8 Å². The predicted octanol–water partition coefficient (Wildman–Crippen LogP) is 1.52. The fourth-order valence-corrected chi connectivity index (χ4v) is 6.77. The minimum Gasteiger partial charge on any atom is -0.342 e. The number of hydrogen-bond donors (Lipinski definition) is 0. The first-order chi connectivity index (χ1) is 10.5. The zero-order chi connectivity index (χ0) is 15.7. The number of aliphatic imine (C=N–C) groups is 1. The number of rotatable bonds is 3. The van der Waals surface area contributed by atoms with Crippen LogP contribution in [-0.4, -0.2) is 53.1 Å². The van der Waals surface area contributed by atoms with Crippen LogP contribution >= 0.6 is 23.4 Å². The Hall–Kier alpha value is -1.05. The van der Waals surface area contributed by atoms with Gasteiger partial charge in [-0.05, 0) is 5.56 Å². The molecule has 1 aromatic carbocycles. The SMILES string of the molecule is O=C(CCl)N=C1S[C@@H]2CS(=O)(=O)C[C@H]2N1Cc1ccccc1. The summed E-state index contributed by atoms with van der Waals surface area (Å²) in [5.74, 6) is -0.311. The Morgan fingerprint density at radius 1 is 1.32 bits per heavy atom. The van der Waals surface area contributed by atoms with Crippen molar-refractivity contribution in [2.45, 2.75) is 17.8 Å². The number of nitrogens with zero attached hydrogens (tertiary/aromatic N) is 2. The van der Waals surface area contributed by atoms with E-state index in [9.17, 15) is 13.2 Å². The molecule has 2 heterocycles. The first-order valence-electron chi connectivity index (χ1n) is 6.83. The van der Waals surface area contributed by atoms with Crippen LogP contribution in [0.4, 0.5) is 0 Å². The molecule has 1 aromatic rings. The van der Waals surface area contributed by atoms with Gasteiger partial charge in [-0.25, -0.2) is 8.42 Å². The van der Waals surface area contributed by atoms with E-state index in [0.717, 1.165) is 5.56 Å². The standard InChI is InChI=1S/C14H15ClN2O3S2/c15-6-13(18)16-14-17(7-10-4-2-1-3-5-10)11-8-22(19,20)9-12(11)21-14/h1-5,11-12H,6-9H2/t11-,12-/m1/s1. The van der Waals surface area contributed by atoms with Crippen LogP contribution in [0.15, 0.2) is 35.3 Å². The largest absolute Gasteiger partial charge is 0.342 e. The molecular formula is C14H15ClN2O3S2. The normalized spacial score (nSPS) is 28.0. The average molecular weight is 359 g/mol. The van der Waals surface area contributed by atoms with E-state index in [1.807, 2.05) is 35.2 Å². The van der Waals surface area contributed by atoms with E-state index in [-0.39, 0.29) is 28.7 Å². The highest BCUT2D eigenvalue weighted by atomic mass is 35.5. The molecule has 0 spiro atoms. The molecule has 3 rings (SSSR count). The highest BCUT2D eigenvalue weighted by molar-refractivity contribution is 8.15. The molecule has 2 aliphatic heterocycles. The molecule has 1 amide bonds. The van der Waals surface area contributed by atoms with Gasteiger partial charge in [-0.2, -0.15) is 4.99 Å². The Bertz CT molecular complexity index is 706. The molecule has 5 nitrogen and oxygen atoms in total. The van der Waals surface area contributed by atoms with E-state index in [2.05, 4.69) is 4.99 Å². The fraction of sp³-hybridized carbons (Fsp3) is 0.429. The fourth-order valence-electron chi connectivity index (χ4n) is 2.74. The monoisotopic (exact) mass is 358 g/mol. The zero-order valence-corrected chi connectivity index (χ0v) is 14.1. The number of carbonyl (C=O) groups excluding carboxylic acids is 1. The van der Waals surface area contributed by atoms with Crippen molar-refractivity contribution in [3.05, 3.63) is 35.9 Å². The van der Waals surface area contributed by atoms with Gasteiger partial charge in [0.25, 0.3) is 5.91 Å². The molecule has 0 aromatic heterocycles. The quantitative estimate of drug-likeness (QED) is 0.766. The predicted molar refractivity (Wildman–Crippen MR) is 89.0 cm³/mol. The van der Waals surface area contributed by atoms with E-state index in [4.69, 9.17) is 11.6 Å². The maximum atomic E-state index is 11.9. The third-order valence-electron chi connectivity index (χ3n) is 3.71. The molecular weight excluding hydrogens is 344 g/mol. The third kappa shape index (κ3) is 3.31. The molecule has 118 valence electrons. The molecule has 2 atom stereocenters. The summed E-state index contributed by atoms with van der Waals surface area (Å²) >= 11 is 6.90. The van der Waals surface area contributed by atoms with Gasteiger partial charge in [0, 0.05) is 11.8 Å². The molecule has 0 saturated carbocycles. The van der Waals surface area contributed by atoms with Gasteiger partial charge in [0.1, 0.15) is 5.88 Å². The van der Waals surface area contributed by atoms with Gasteiger partial charge in [-0.3, -0.25) is 4.79 Å². The van der Waals surface area contributed by atoms with Gasteiger partial charge in [-0.1, -0.05) is 42.1 Å².